The summed E-state index contributed by atoms with van der Waals surface area (Å²) in [6.07, 6.45) is 10.1. The van der Waals surface area contributed by atoms with Crippen molar-refractivity contribution in [2.45, 2.75) is 69.6 Å². The molecule has 2 aliphatic heterocycles. The molecule has 3 aliphatic rings. The molecule has 2 aromatic rings. The fourth-order valence-corrected chi connectivity index (χ4v) is 5.18. The maximum Gasteiger partial charge on any atom is 0.191 e. The molecular weight excluding hydrogens is 537 g/mol. The number of guanidine groups is 1. The standard InChI is InChI=1S/C27H39N5O.HI/c1-2-5-22(6-3-1)21-31-16-11-23(12-17-31)29-27(28-15-10-26-7-4-20-33-26)30-24-13-18-32(19-14-24)25-8-9-25;/h1-7,20,23-25H,8-19,21H2,(H2,28,29,30);1H. The predicted octanol–water partition coefficient (Wildman–Crippen LogP) is 4.27. The number of aliphatic imine (C=N–C) groups is 1. The van der Waals surface area contributed by atoms with Crippen LogP contribution in [0.15, 0.2) is 58.1 Å². The van der Waals surface area contributed by atoms with Crippen LogP contribution < -0.4 is 10.6 Å². The van der Waals surface area contributed by atoms with Crippen LogP contribution in [0.4, 0.5) is 0 Å². The zero-order chi connectivity index (χ0) is 22.3. The third kappa shape index (κ3) is 7.71. The van der Waals surface area contributed by atoms with Gasteiger partial charge >= 0.3 is 0 Å². The van der Waals surface area contributed by atoms with Gasteiger partial charge in [-0.15, -0.1) is 24.0 Å². The second-order valence-electron chi connectivity index (χ2n) is 9.93. The van der Waals surface area contributed by atoms with Crippen LogP contribution in [-0.2, 0) is 13.0 Å². The first kappa shape index (κ1) is 25.5. The van der Waals surface area contributed by atoms with E-state index >= 15 is 0 Å². The Bertz CT molecular complexity index is 854. The van der Waals surface area contributed by atoms with Crippen LogP contribution in [0.2, 0.25) is 0 Å². The van der Waals surface area contributed by atoms with Crippen LogP contribution in [0.25, 0.3) is 0 Å². The van der Waals surface area contributed by atoms with Crippen molar-refractivity contribution in [3.63, 3.8) is 0 Å². The maximum atomic E-state index is 5.49. The lowest BCUT2D eigenvalue weighted by Gasteiger charge is -2.35. The zero-order valence-electron chi connectivity index (χ0n) is 20.2. The Balaban J connectivity index is 0.00000274. The SMILES string of the molecule is I.c1ccc(CN2CCC(NC(=NCCc3ccco3)NC3CCN(C4CC4)CC3)CC2)cc1. The number of furan rings is 1. The summed E-state index contributed by atoms with van der Waals surface area (Å²) in [5.41, 5.74) is 1.41. The van der Waals surface area contributed by atoms with Gasteiger partial charge in [0.2, 0.25) is 0 Å². The third-order valence-corrected chi connectivity index (χ3v) is 7.32. The number of benzene rings is 1. The average molecular weight is 578 g/mol. The number of likely N-dealkylation sites (tertiary alicyclic amines) is 2. The highest BCUT2D eigenvalue weighted by atomic mass is 127. The van der Waals surface area contributed by atoms with Crippen LogP contribution in [0.1, 0.15) is 49.8 Å². The van der Waals surface area contributed by atoms with Crippen molar-refractivity contribution in [1.29, 1.82) is 0 Å². The molecule has 0 atom stereocenters. The summed E-state index contributed by atoms with van der Waals surface area (Å²) in [5.74, 6) is 2.00. The van der Waals surface area contributed by atoms with E-state index in [0.717, 1.165) is 63.2 Å². The minimum absolute atomic E-state index is 0. The molecule has 7 heteroatoms. The molecule has 2 N–H and O–H groups in total. The third-order valence-electron chi connectivity index (χ3n) is 7.32. The van der Waals surface area contributed by atoms with Crippen LogP contribution in [-0.4, -0.2) is 66.6 Å². The number of rotatable bonds is 8. The van der Waals surface area contributed by atoms with E-state index in [9.17, 15) is 0 Å². The Morgan fingerprint density at radius 2 is 1.53 bits per heavy atom. The molecule has 0 radical (unpaired) electrons. The van der Waals surface area contributed by atoms with Crippen LogP contribution in [0.3, 0.4) is 0 Å². The van der Waals surface area contributed by atoms with Crippen LogP contribution >= 0.6 is 24.0 Å². The van der Waals surface area contributed by atoms with Crippen LogP contribution in [0.5, 0.6) is 0 Å². The van der Waals surface area contributed by atoms with Crippen LogP contribution in [0, 0.1) is 0 Å². The van der Waals surface area contributed by atoms with Gasteiger partial charge in [0.05, 0.1) is 6.26 Å². The first-order chi connectivity index (χ1) is 16.3. The Labute approximate surface area is 221 Å². The smallest absolute Gasteiger partial charge is 0.191 e. The Hall–Kier alpha value is -1.58. The molecule has 0 bridgehead atoms. The Morgan fingerprint density at radius 3 is 2.15 bits per heavy atom. The molecule has 1 aromatic carbocycles. The number of hydrogen-bond donors (Lipinski definition) is 2. The van der Waals surface area contributed by atoms with Crippen molar-refractivity contribution in [2.75, 3.05) is 32.7 Å². The molecule has 0 amide bonds. The minimum Gasteiger partial charge on any atom is -0.469 e. The van der Waals surface area contributed by atoms with E-state index < -0.39 is 0 Å². The largest absolute Gasteiger partial charge is 0.469 e. The van der Waals surface area contributed by atoms with Gasteiger partial charge in [-0.2, -0.15) is 0 Å². The van der Waals surface area contributed by atoms with Gasteiger partial charge in [-0.3, -0.25) is 9.89 Å². The summed E-state index contributed by atoms with van der Waals surface area (Å²) in [7, 11) is 0. The normalized spacial score (nSPS) is 21.2. The van der Waals surface area contributed by atoms with E-state index in [0.29, 0.717) is 12.1 Å². The number of piperidine rings is 2. The second kappa shape index (κ2) is 12.9. The van der Waals surface area contributed by atoms with Crippen molar-refractivity contribution in [2.24, 2.45) is 4.99 Å². The van der Waals surface area contributed by atoms with Gasteiger partial charge in [-0.1, -0.05) is 30.3 Å². The monoisotopic (exact) mass is 577 g/mol. The van der Waals surface area contributed by atoms with E-state index in [1.54, 1.807) is 6.26 Å². The molecule has 186 valence electrons. The quantitative estimate of drug-likeness (QED) is 0.279. The highest BCUT2D eigenvalue weighted by Gasteiger charge is 2.32. The number of halogens is 1. The van der Waals surface area contributed by atoms with Crippen molar-refractivity contribution in [3.05, 3.63) is 60.1 Å². The summed E-state index contributed by atoms with van der Waals surface area (Å²) in [4.78, 5) is 10.2. The molecule has 6 nitrogen and oxygen atoms in total. The maximum absolute atomic E-state index is 5.49. The molecule has 5 rings (SSSR count). The average Bonchev–Trinajstić information content (AvgIpc) is 3.57. The molecule has 0 spiro atoms. The molecular formula is C27H40IN5O. The summed E-state index contributed by atoms with van der Waals surface area (Å²) in [6, 6.07) is 16.7. The van der Waals surface area contributed by atoms with E-state index in [-0.39, 0.29) is 24.0 Å². The fourth-order valence-electron chi connectivity index (χ4n) is 5.18. The van der Waals surface area contributed by atoms with Gasteiger partial charge in [0.1, 0.15) is 5.76 Å². The lowest BCUT2D eigenvalue weighted by molar-refractivity contribution is 0.192. The highest BCUT2D eigenvalue weighted by molar-refractivity contribution is 14.0. The first-order valence-corrected chi connectivity index (χ1v) is 12.9. The molecule has 34 heavy (non-hydrogen) atoms. The summed E-state index contributed by atoms with van der Waals surface area (Å²) in [6.45, 7) is 6.50. The topological polar surface area (TPSA) is 56.0 Å². The lowest BCUT2D eigenvalue weighted by Crippen LogP contribution is -2.53. The Morgan fingerprint density at radius 1 is 0.853 bits per heavy atom. The van der Waals surface area contributed by atoms with Crippen molar-refractivity contribution in [3.8, 4) is 0 Å². The van der Waals surface area contributed by atoms with E-state index in [2.05, 4.69) is 50.8 Å². The minimum atomic E-state index is 0. The Kier molecular flexibility index (Phi) is 9.70. The molecule has 1 aliphatic carbocycles. The summed E-state index contributed by atoms with van der Waals surface area (Å²) in [5, 5.41) is 7.56. The van der Waals surface area contributed by atoms with Gasteiger partial charge < -0.3 is 20.0 Å². The number of hydrogen-bond acceptors (Lipinski definition) is 4. The molecule has 1 aromatic heterocycles. The first-order valence-electron chi connectivity index (χ1n) is 12.9. The van der Waals surface area contributed by atoms with E-state index in [1.165, 1.54) is 44.3 Å². The van der Waals surface area contributed by atoms with Gasteiger partial charge in [0.15, 0.2) is 5.96 Å². The second-order valence-corrected chi connectivity index (χ2v) is 9.93. The molecule has 3 fully saturated rings. The molecule has 2 saturated heterocycles. The van der Waals surface area contributed by atoms with Crippen molar-refractivity contribution < 1.29 is 4.42 Å². The molecule has 1 saturated carbocycles. The number of nitrogens with one attached hydrogen (secondary N) is 2. The van der Waals surface area contributed by atoms with Gasteiger partial charge in [0, 0.05) is 63.8 Å². The van der Waals surface area contributed by atoms with Crippen molar-refractivity contribution >= 4 is 29.9 Å². The molecule has 0 unspecified atom stereocenters. The molecule has 3 heterocycles. The van der Waals surface area contributed by atoms with Gasteiger partial charge in [-0.25, -0.2) is 0 Å². The lowest BCUT2D eigenvalue weighted by atomic mass is 10.0. The van der Waals surface area contributed by atoms with E-state index in [1.807, 2.05) is 12.1 Å². The highest BCUT2D eigenvalue weighted by Crippen LogP contribution is 2.29. The fraction of sp³-hybridized carbons (Fsp3) is 0.593. The summed E-state index contributed by atoms with van der Waals surface area (Å²) >= 11 is 0. The predicted molar refractivity (Wildman–Crippen MR) is 149 cm³/mol. The number of nitrogens with zero attached hydrogens (tertiary/aromatic N) is 3. The zero-order valence-corrected chi connectivity index (χ0v) is 22.5. The van der Waals surface area contributed by atoms with Gasteiger partial charge in [-0.05, 0) is 56.2 Å². The van der Waals surface area contributed by atoms with Crippen molar-refractivity contribution in [1.82, 2.24) is 20.4 Å². The van der Waals surface area contributed by atoms with Gasteiger partial charge in [0.25, 0.3) is 0 Å². The summed E-state index contributed by atoms with van der Waals surface area (Å²) < 4.78 is 5.49. The van der Waals surface area contributed by atoms with E-state index in [4.69, 9.17) is 9.41 Å².